The number of esters is 4. The lowest BCUT2D eigenvalue weighted by atomic mass is 10.1. The van der Waals surface area contributed by atoms with E-state index in [1.54, 1.807) is 34.6 Å². The fraction of sp³-hybridized carbons (Fsp3) is 0.816. The van der Waals surface area contributed by atoms with E-state index in [0.717, 1.165) is 7.11 Å². The van der Waals surface area contributed by atoms with Crippen LogP contribution in [0.4, 0.5) is 0 Å². The van der Waals surface area contributed by atoms with Gasteiger partial charge >= 0.3 is 35.8 Å². The minimum atomic E-state index is -1.66. The van der Waals surface area contributed by atoms with Crippen molar-refractivity contribution in [2.24, 2.45) is 5.73 Å². The SMILES string of the molecule is CC(=O)OC(C)(C)C.COC(=O)[C@@H](O)[C@@H](C)O.COC(=O)[C@@H](OC)[C@@H](C)OC.CO[C@H](C(=O)CC(=O)OC(C)(C)C)[C@@H](C)OC.C[C@@H](O)[C@H](N)C(=O)O.C[C@@H](O)[C@H](O)C(=O)O. The van der Waals surface area contributed by atoms with E-state index in [0.29, 0.717) is 0 Å². The molecule has 0 aliphatic carbocycles. The van der Waals surface area contributed by atoms with Crippen LogP contribution >= 0.6 is 0 Å². The fourth-order valence-electron chi connectivity index (χ4n) is 3.21. The Hall–Kier alpha value is -3.91. The number of rotatable bonds is 16. The summed E-state index contributed by atoms with van der Waals surface area (Å²) in [6, 6.07) is -1.16. The van der Waals surface area contributed by atoms with E-state index in [-0.39, 0.29) is 29.9 Å². The zero-order valence-corrected chi connectivity index (χ0v) is 38.8. The molecule has 0 saturated heterocycles. The first-order valence-corrected chi connectivity index (χ1v) is 18.3. The molecule has 0 aliphatic rings. The van der Waals surface area contributed by atoms with Crippen molar-refractivity contribution < 1.29 is 107 Å². The Kier molecular flexibility index (Phi) is 41.4. The van der Waals surface area contributed by atoms with Gasteiger partial charge in [-0.25, -0.2) is 14.4 Å². The third-order valence-electron chi connectivity index (χ3n) is 6.46. The van der Waals surface area contributed by atoms with Crippen molar-refractivity contribution in [3.05, 3.63) is 0 Å². The van der Waals surface area contributed by atoms with E-state index >= 15 is 0 Å². The van der Waals surface area contributed by atoms with Gasteiger partial charge in [0.1, 0.15) is 29.8 Å². The molecule has 0 bridgehead atoms. The lowest BCUT2D eigenvalue weighted by molar-refractivity contribution is -0.160. The zero-order valence-electron chi connectivity index (χ0n) is 38.8. The normalized spacial score (nSPS) is 15.5. The van der Waals surface area contributed by atoms with Crippen LogP contribution in [0.25, 0.3) is 0 Å². The van der Waals surface area contributed by atoms with E-state index < -0.39 is 90.3 Å². The van der Waals surface area contributed by atoms with E-state index in [2.05, 4.69) is 9.47 Å². The first kappa shape index (κ1) is 68.8. The summed E-state index contributed by atoms with van der Waals surface area (Å²) in [7, 11) is 8.31. The van der Waals surface area contributed by atoms with Gasteiger partial charge in [-0.3, -0.25) is 19.2 Å². The molecular formula is C38H75NO22. The highest BCUT2D eigenvalue weighted by molar-refractivity contribution is 5.98. The van der Waals surface area contributed by atoms with Gasteiger partial charge in [-0.2, -0.15) is 0 Å². The second-order valence-electron chi connectivity index (χ2n) is 14.5. The Morgan fingerprint density at radius 1 is 0.525 bits per heavy atom. The average molecular weight is 898 g/mol. The quantitative estimate of drug-likeness (QED) is 0.0544. The molecule has 0 saturated carbocycles. The van der Waals surface area contributed by atoms with Gasteiger partial charge in [0, 0.05) is 35.4 Å². The van der Waals surface area contributed by atoms with Crippen molar-refractivity contribution in [2.45, 2.75) is 162 Å². The van der Waals surface area contributed by atoms with Crippen LogP contribution < -0.4 is 5.73 Å². The first-order chi connectivity index (χ1) is 27.5. The molecule has 23 heteroatoms. The minimum absolute atomic E-state index is 0.225. The summed E-state index contributed by atoms with van der Waals surface area (Å²) in [5.74, 6) is -4.92. The molecule has 61 heavy (non-hydrogen) atoms. The minimum Gasteiger partial charge on any atom is -0.480 e. The Labute approximate surface area is 358 Å². The largest absolute Gasteiger partial charge is 0.480 e. The number of methoxy groups -OCH3 is 6. The molecule has 0 aromatic heterocycles. The maximum Gasteiger partial charge on any atom is 0.337 e. The molecule has 0 heterocycles. The predicted octanol–water partition coefficient (Wildman–Crippen LogP) is -0.613. The highest BCUT2D eigenvalue weighted by Gasteiger charge is 2.29. The number of carboxylic acids is 2. The Balaban J connectivity index is -0.000000153. The van der Waals surface area contributed by atoms with Crippen molar-refractivity contribution in [3.8, 4) is 0 Å². The van der Waals surface area contributed by atoms with Crippen LogP contribution in [-0.2, 0) is 71.5 Å². The standard InChI is InChI=1S/C12H22O5.C7H14O4.C6H12O2.C5H10O4.C4H9NO3.C4H8O4/c1-8(15-5)11(16-6)9(13)7-10(14)17-12(2,3)4;1-5(9-2)6(10-3)7(8)11-4;1-5(7)8-6(2,3)4;1-3(6)4(7)5(8)9-2;1-2(6)3(5)4(7)8;1-2(5)3(6)4(7)8/h8,11H,7H2,1-6H3;5-6H,1-4H3;1-4H3;3-4,6-7H,1-2H3;2-3,6H,5H2,1H3,(H,7,8);2-3,5-6H,1H3,(H,7,8)/t8-,11+;5-,6+;;3-,4+;2*2-,3+/m11.111/s1. The number of aliphatic hydroxyl groups is 5. The van der Waals surface area contributed by atoms with Crippen molar-refractivity contribution in [2.75, 3.05) is 42.7 Å². The Bertz CT molecular complexity index is 1200. The van der Waals surface area contributed by atoms with Gasteiger partial charge < -0.3 is 79.4 Å². The van der Waals surface area contributed by atoms with Crippen LogP contribution in [-0.4, -0.2) is 192 Å². The second-order valence-corrected chi connectivity index (χ2v) is 14.5. The molecule has 0 radical (unpaired) electrons. The monoisotopic (exact) mass is 897 g/mol. The fourth-order valence-corrected chi connectivity index (χ4v) is 3.21. The van der Waals surface area contributed by atoms with Gasteiger partial charge in [-0.1, -0.05) is 0 Å². The molecular weight excluding hydrogens is 822 g/mol. The zero-order chi connectivity index (χ0) is 50.2. The molecule has 0 rings (SSSR count). The Morgan fingerprint density at radius 3 is 1.05 bits per heavy atom. The smallest absolute Gasteiger partial charge is 0.337 e. The van der Waals surface area contributed by atoms with Crippen molar-refractivity contribution in [3.63, 3.8) is 0 Å². The van der Waals surface area contributed by atoms with Crippen LogP contribution in [0, 0.1) is 0 Å². The van der Waals surface area contributed by atoms with Gasteiger partial charge in [0.25, 0.3) is 0 Å². The van der Waals surface area contributed by atoms with Crippen molar-refractivity contribution >= 4 is 41.6 Å². The number of hydrogen-bond donors (Lipinski definition) is 8. The molecule has 0 unspecified atom stereocenters. The highest BCUT2D eigenvalue weighted by Crippen LogP contribution is 2.11. The number of ether oxygens (including phenoxy) is 8. The lowest BCUT2D eigenvalue weighted by Gasteiger charge is -2.22. The summed E-state index contributed by atoms with van der Waals surface area (Å²) < 4.78 is 38.2. The number of aliphatic carboxylic acids is 2. The molecule has 0 aromatic rings. The molecule has 0 fully saturated rings. The molecule has 10 atom stereocenters. The maximum atomic E-state index is 11.8. The molecule has 0 spiro atoms. The molecule has 0 amide bonds. The summed E-state index contributed by atoms with van der Waals surface area (Å²) in [6.45, 7) is 19.5. The number of hydrogen-bond acceptors (Lipinski definition) is 21. The number of ketones is 1. The summed E-state index contributed by atoms with van der Waals surface area (Å²) in [6.07, 6.45) is -8.69. The third-order valence-corrected chi connectivity index (χ3v) is 6.46. The van der Waals surface area contributed by atoms with Crippen LogP contribution in [0.5, 0.6) is 0 Å². The molecule has 9 N–H and O–H groups in total. The van der Waals surface area contributed by atoms with Gasteiger partial charge in [-0.05, 0) is 76.2 Å². The maximum absolute atomic E-state index is 11.8. The van der Waals surface area contributed by atoms with Crippen LogP contribution in [0.2, 0.25) is 0 Å². The van der Waals surface area contributed by atoms with E-state index in [1.165, 1.54) is 63.2 Å². The molecule has 0 aromatic carbocycles. The first-order valence-electron chi connectivity index (χ1n) is 18.3. The van der Waals surface area contributed by atoms with E-state index in [9.17, 15) is 33.6 Å². The van der Waals surface area contributed by atoms with Crippen molar-refractivity contribution in [1.82, 2.24) is 0 Å². The molecule has 0 aliphatic heterocycles. The molecule has 23 nitrogen and oxygen atoms in total. The number of aliphatic hydroxyl groups excluding tert-OH is 5. The molecule has 364 valence electrons. The summed E-state index contributed by atoms with van der Waals surface area (Å²) in [4.78, 5) is 74.3. The van der Waals surface area contributed by atoms with Gasteiger partial charge in [0.15, 0.2) is 24.1 Å². The topological polar surface area (TPSA) is 361 Å². The number of Topliss-reactive ketones (excluding diaryl/α,β-unsaturated/α-hetero) is 1. The van der Waals surface area contributed by atoms with E-state index in [1.807, 2.05) is 20.8 Å². The third kappa shape index (κ3) is 42.6. The lowest BCUT2D eigenvalue weighted by Crippen LogP contribution is -2.39. The number of carbonyl (C=O) groups is 7. The second kappa shape index (κ2) is 36.7. The highest BCUT2D eigenvalue weighted by atomic mass is 16.6. The van der Waals surface area contributed by atoms with Gasteiger partial charge in [0.05, 0.1) is 44.7 Å². The summed E-state index contributed by atoms with van der Waals surface area (Å²) in [5, 5.41) is 58.5. The van der Waals surface area contributed by atoms with Crippen LogP contribution in [0.15, 0.2) is 0 Å². The van der Waals surface area contributed by atoms with Gasteiger partial charge in [0.2, 0.25) is 0 Å². The van der Waals surface area contributed by atoms with Gasteiger partial charge in [-0.15, -0.1) is 0 Å². The van der Waals surface area contributed by atoms with Crippen LogP contribution in [0.3, 0.4) is 0 Å². The predicted molar refractivity (Wildman–Crippen MR) is 216 cm³/mol. The number of nitrogens with two attached hydrogens (primary N) is 1. The van der Waals surface area contributed by atoms with Crippen molar-refractivity contribution in [1.29, 1.82) is 0 Å². The summed E-state index contributed by atoms with van der Waals surface area (Å²) >= 11 is 0. The van der Waals surface area contributed by atoms with E-state index in [4.69, 9.17) is 69.9 Å². The number of carboxylic acid groups (broad SMARTS) is 2. The Morgan fingerprint density at radius 2 is 0.885 bits per heavy atom. The van der Waals surface area contributed by atoms with Crippen LogP contribution in [0.1, 0.15) is 89.5 Å². The average Bonchev–Trinajstić information content (AvgIpc) is 3.12. The number of carbonyl (C=O) groups excluding carboxylic acids is 5. The summed E-state index contributed by atoms with van der Waals surface area (Å²) in [5.41, 5.74) is 3.99.